The summed E-state index contributed by atoms with van der Waals surface area (Å²) in [7, 11) is 0. The van der Waals surface area contributed by atoms with Crippen LogP contribution in [0.2, 0.25) is 0 Å². The van der Waals surface area contributed by atoms with Crippen molar-refractivity contribution in [2.24, 2.45) is 0 Å². The minimum atomic E-state index is -0.287. The summed E-state index contributed by atoms with van der Waals surface area (Å²) in [4.78, 5) is 11.8. The Hall–Kier alpha value is -1.97. The van der Waals surface area contributed by atoms with Crippen LogP contribution in [-0.4, -0.2) is 47.0 Å². The lowest BCUT2D eigenvalue weighted by Crippen LogP contribution is -2.29. The van der Waals surface area contributed by atoms with Crippen LogP contribution in [0.5, 0.6) is 0 Å². The number of thioether (sulfide) groups is 1. The Morgan fingerprint density at radius 1 is 1.45 bits per heavy atom. The second-order valence-corrected chi connectivity index (χ2v) is 5.40. The van der Waals surface area contributed by atoms with E-state index in [1.54, 1.807) is 13.3 Å². The predicted octanol–water partition coefficient (Wildman–Crippen LogP) is 0.342. The number of tetrazole rings is 1. The van der Waals surface area contributed by atoms with Gasteiger partial charge in [-0.2, -0.15) is 5.21 Å². The number of amides is 1. The SMILES string of the molecule is CC(NC(=O)CSc1nncn1C(C)C)c1nn[nH]n1. The molecule has 1 unspecified atom stereocenters. The van der Waals surface area contributed by atoms with Gasteiger partial charge in [-0.25, -0.2) is 0 Å². The third-order valence-corrected chi connectivity index (χ3v) is 3.51. The molecule has 0 bridgehead atoms. The van der Waals surface area contributed by atoms with Crippen molar-refractivity contribution >= 4 is 17.7 Å². The van der Waals surface area contributed by atoms with E-state index in [9.17, 15) is 4.79 Å². The van der Waals surface area contributed by atoms with Crippen LogP contribution in [0, 0.1) is 0 Å². The van der Waals surface area contributed by atoms with E-state index in [1.807, 2.05) is 18.4 Å². The summed E-state index contributed by atoms with van der Waals surface area (Å²) >= 11 is 1.34. The standard InChI is InChI=1S/C10H16N8OS/c1-6(2)18-5-11-15-10(18)20-4-8(19)12-7(3)9-13-16-17-14-9/h5-7H,4H2,1-3H3,(H,12,19)(H,13,14,16,17). The first-order valence-electron chi connectivity index (χ1n) is 6.13. The lowest BCUT2D eigenvalue weighted by atomic mass is 10.3. The maximum atomic E-state index is 11.8. The normalized spacial score (nSPS) is 12.6. The number of nitrogens with zero attached hydrogens (tertiary/aromatic N) is 6. The van der Waals surface area contributed by atoms with Crippen molar-refractivity contribution in [3.63, 3.8) is 0 Å². The van der Waals surface area contributed by atoms with Crippen LogP contribution < -0.4 is 5.32 Å². The number of rotatable bonds is 6. The van der Waals surface area contributed by atoms with E-state index in [1.165, 1.54) is 11.8 Å². The van der Waals surface area contributed by atoms with Gasteiger partial charge >= 0.3 is 0 Å². The average Bonchev–Trinajstić information content (AvgIpc) is 3.07. The Bertz CT molecular complexity index is 551. The molecule has 20 heavy (non-hydrogen) atoms. The molecule has 2 rings (SSSR count). The summed E-state index contributed by atoms with van der Waals surface area (Å²) in [6.07, 6.45) is 1.66. The van der Waals surface area contributed by atoms with E-state index >= 15 is 0 Å². The van der Waals surface area contributed by atoms with Crippen molar-refractivity contribution in [1.29, 1.82) is 0 Å². The molecular weight excluding hydrogens is 280 g/mol. The van der Waals surface area contributed by atoms with Crippen molar-refractivity contribution in [2.75, 3.05) is 5.75 Å². The van der Waals surface area contributed by atoms with Crippen molar-refractivity contribution < 1.29 is 4.79 Å². The van der Waals surface area contributed by atoms with Gasteiger partial charge in [-0.3, -0.25) is 4.79 Å². The van der Waals surface area contributed by atoms with E-state index < -0.39 is 0 Å². The fourth-order valence-electron chi connectivity index (χ4n) is 1.52. The van der Waals surface area contributed by atoms with E-state index in [0.717, 1.165) is 5.16 Å². The predicted molar refractivity (Wildman–Crippen MR) is 71.9 cm³/mol. The number of hydrogen-bond donors (Lipinski definition) is 2. The fraction of sp³-hybridized carbons (Fsp3) is 0.600. The molecule has 0 aliphatic heterocycles. The monoisotopic (exact) mass is 296 g/mol. The zero-order valence-corrected chi connectivity index (χ0v) is 12.3. The van der Waals surface area contributed by atoms with Crippen LogP contribution in [0.4, 0.5) is 0 Å². The molecule has 2 N–H and O–H groups in total. The van der Waals surface area contributed by atoms with Gasteiger partial charge in [-0.05, 0) is 20.8 Å². The maximum Gasteiger partial charge on any atom is 0.231 e. The molecule has 0 aliphatic carbocycles. The molecular formula is C10H16N8OS. The first kappa shape index (κ1) is 14.4. The quantitative estimate of drug-likeness (QED) is 0.739. The first-order chi connectivity index (χ1) is 9.58. The highest BCUT2D eigenvalue weighted by atomic mass is 32.2. The summed E-state index contributed by atoms with van der Waals surface area (Å²) in [5.74, 6) is 0.590. The number of H-pyrrole nitrogens is 1. The Morgan fingerprint density at radius 3 is 2.90 bits per heavy atom. The molecule has 10 heteroatoms. The minimum Gasteiger partial charge on any atom is -0.345 e. The molecule has 0 aliphatic rings. The second-order valence-electron chi connectivity index (χ2n) is 4.46. The molecule has 0 saturated carbocycles. The van der Waals surface area contributed by atoms with Crippen LogP contribution in [0.3, 0.4) is 0 Å². The van der Waals surface area contributed by atoms with Gasteiger partial charge in [0.2, 0.25) is 5.91 Å². The molecule has 2 aromatic rings. The molecule has 108 valence electrons. The minimum absolute atomic E-state index is 0.120. The molecule has 1 amide bonds. The van der Waals surface area contributed by atoms with Crippen LogP contribution in [0.15, 0.2) is 11.5 Å². The number of aromatic nitrogens is 7. The zero-order valence-electron chi connectivity index (χ0n) is 11.4. The molecule has 0 saturated heterocycles. The average molecular weight is 296 g/mol. The Balaban J connectivity index is 1.85. The number of aromatic amines is 1. The summed E-state index contributed by atoms with van der Waals surface area (Å²) in [6.45, 7) is 5.86. The first-order valence-corrected chi connectivity index (χ1v) is 7.11. The molecule has 1 atom stereocenters. The number of hydrogen-bond acceptors (Lipinski definition) is 7. The van der Waals surface area contributed by atoms with Crippen LogP contribution in [0.1, 0.15) is 38.7 Å². The van der Waals surface area contributed by atoms with Gasteiger partial charge in [-0.1, -0.05) is 17.0 Å². The maximum absolute atomic E-state index is 11.8. The largest absolute Gasteiger partial charge is 0.345 e. The molecule has 0 aromatic carbocycles. The summed E-state index contributed by atoms with van der Waals surface area (Å²) in [5.41, 5.74) is 0. The Labute approximate surface area is 119 Å². The lowest BCUT2D eigenvalue weighted by molar-refractivity contribution is -0.119. The van der Waals surface area contributed by atoms with Crippen molar-refractivity contribution in [3.05, 3.63) is 12.2 Å². The van der Waals surface area contributed by atoms with Gasteiger partial charge in [0.1, 0.15) is 6.33 Å². The number of nitrogens with one attached hydrogen (secondary N) is 2. The lowest BCUT2D eigenvalue weighted by Gasteiger charge is -2.11. The van der Waals surface area contributed by atoms with Gasteiger partial charge in [0.05, 0.1) is 11.8 Å². The van der Waals surface area contributed by atoms with E-state index in [4.69, 9.17) is 0 Å². The van der Waals surface area contributed by atoms with E-state index in [2.05, 4.69) is 36.1 Å². The number of carbonyl (C=O) groups excluding carboxylic acids is 1. The van der Waals surface area contributed by atoms with Crippen LogP contribution in [0.25, 0.3) is 0 Å². The molecule has 2 aromatic heterocycles. The summed E-state index contributed by atoms with van der Waals surface area (Å²) < 4.78 is 1.92. The summed E-state index contributed by atoms with van der Waals surface area (Å²) in [5, 5.41) is 24.8. The molecule has 9 nitrogen and oxygen atoms in total. The third-order valence-electron chi connectivity index (χ3n) is 2.56. The zero-order chi connectivity index (χ0) is 14.5. The second kappa shape index (κ2) is 6.46. The Kier molecular flexibility index (Phi) is 4.66. The van der Waals surface area contributed by atoms with E-state index in [-0.39, 0.29) is 23.7 Å². The topological polar surface area (TPSA) is 114 Å². The molecule has 0 spiro atoms. The van der Waals surface area contributed by atoms with Gasteiger partial charge < -0.3 is 9.88 Å². The van der Waals surface area contributed by atoms with E-state index in [0.29, 0.717) is 5.82 Å². The van der Waals surface area contributed by atoms with Gasteiger partial charge in [0, 0.05) is 6.04 Å². The third kappa shape index (κ3) is 3.53. The summed E-state index contributed by atoms with van der Waals surface area (Å²) in [6, 6.07) is -0.0290. The molecule has 0 radical (unpaired) electrons. The van der Waals surface area contributed by atoms with Gasteiger partial charge in [-0.15, -0.1) is 20.4 Å². The van der Waals surface area contributed by atoms with Crippen molar-refractivity contribution in [3.8, 4) is 0 Å². The highest BCUT2D eigenvalue weighted by Crippen LogP contribution is 2.18. The smallest absolute Gasteiger partial charge is 0.231 e. The molecule has 2 heterocycles. The van der Waals surface area contributed by atoms with Crippen molar-refractivity contribution in [1.82, 2.24) is 40.7 Å². The highest BCUT2D eigenvalue weighted by molar-refractivity contribution is 7.99. The number of carbonyl (C=O) groups is 1. The van der Waals surface area contributed by atoms with Gasteiger partial charge in [0.15, 0.2) is 11.0 Å². The van der Waals surface area contributed by atoms with Crippen molar-refractivity contribution in [2.45, 2.75) is 38.0 Å². The Morgan fingerprint density at radius 2 is 2.25 bits per heavy atom. The van der Waals surface area contributed by atoms with Gasteiger partial charge in [0.25, 0.3) is 0 Å². The van der Waals surface area contributed by atoms with Crippen LogP contribution >= 0.6 is 11.8 Å². The molecule has 0 fully saturated rings. The van der Waals surface area contributed by atoms with Crippen LogP contribution in [-0.2, 0) is 4.79 Å². The highest BCUT2D eigenvalue weighted by Gasteiger charge is 2.15. The fourth-order valence-corrected chi connectivity index (χ4v) is 2.38.